The van der Waals surface area contributed by atoms with Crippen molar-refractivity contribution in [3.05, 3.63) is 131 Å². The number of aromatic nitrogens is 4. The Bertz CT molecular complexity index is 4320. The summed E-state index contributed by atoms with van der Waals surface area (Å²) in [6.45, 7) is 14.2. The molecule has 0 saturated heterocycles. The van der Waals surface area contributed by atoms with E-state index in [2.05, 4.69) is 56.7 Å². The summed E-state index contributed by atoms with van der Waals surface area (Å²) in [4.78, 5) is 105. The maximum Gasteiger partial charge on any atom is 0.410 e. The number of fused-ring (bicyclic) bond motifs is 2. The Morgan fingerprint density at radius 2 is 1.57 bits per heavy atom. The van der Waals surface area contributed by atoms with Crippen LogP contribution in [-0.2, 0) is 70.1 Å². The summed E-state index contributed by atoms with van der Waals surface area (Å²) in [6, 6.07) is 20.4. The second-order valence-electron chi connectivity index (χ2n) is 28.7. The number of hydrogen-bond donors (Lipinski definition) is 9. The van der Waals surface area contributed by atoms with Gasteiger partial charge in [-0.05, 0) is 159 Å². The minimum atomic E-state index is -4.51. The third-order valence-corrected chi connectivity index (χ3v) is 22.4. The van der Waals surface area contributed by atoms with Gasteiger partial charge in [-0.2, -0.15) is 13.5 Å². The number of ether oxygens (including phenoxy) is 2. The fourth-order valence-corrected chi connectivity index (χ4v) is 18.0. The van der Waals surface area contributed by atoms with Crippen LogP contribution in [0.4, 0.5) is 26.2 Å². The molecule has 3 aromatic heterocycles. The normalized spacial score (nSPS) is 20.4. The molecule has 5 aliphatic rings. The SMILES string of the molecule is C=CS(=O)(=O)NCCCCCC(=O)N[C@@H](C(=O)N[C@@H](CCCNC(N)=O)C(=O)Nc1ccc(COC(=O)N(CCOC23CC4(C)CC(C)(CC(Cn5ncc(-c6ccc(N7CCc8cccc(C(=O)Nc9nc%10ccccc%10s9)c8C7)nc6C(=O)O)c5C)(C4)C2)C3)CCS(=O)(=O)O)cc1)C(C)C. The zero-order chi connectivity index (χ0) is 73.4. The van der Waals surface area contributed by atoms with Crippen molar-refractivity contribution in [2.45, 2.75) is 155 Å². The fourth-order valence-electron chi connectivity index (χ4n) is 16.2. The number of aromatic carboxylic acids is 1. The van der Waals surface area contributed by atoms with E-state index in [1.54, 1.807) is 56.4 Å². The molecule has 0 spiro atoms. The average Bonchev–Trinajstić information content (AvgIpc) is 0.733. The van der Waals surface area contributed by atoms with Crippen molar-refractivity contribution in [3.8, 4) is 11.1 Å². The topological polar surface area (TPSA) is 395 Å². The van der Waals surface area contributed by atoms with Crippen LogP contribution >= 0.6 is 11.3 Å². The molecule has 3 aromatic carbocycles. The molecular formula is C71H91N13O15S3. The molecule has 0 radical (unpaired) electrons. The van der Waals surface area contributed by atoms with Gasteiger partial charge in [0.2, 0.25) is 27.7 Å². The number of nitrogens with zero attached hydrogens (tertiary/aromatic N) is 6. The van der Waals surface area contributed by atoms with Crippen LogP contribution in [0, 0.1) is 29.1 Å². The third-order valence-electron chi connectivity index (χ3n) is 19.7. The van der Waals surface area contributed by atoms with E-state index in [9.17, 15) is 60.1 Å². The van der Waals surface area contributed by atoms with Gasteiger partial charge in [0, 0.05) is 85.7 Å². The number of thiazole rings is 1. The highest BCUT2D eigenvalue weighted by molar-refractivity contribution is 7.92. The Labute approximate surface area is 597 Å². The number of primary amides is 1. The second kappa shape index (κ2) is 31.8. The lowest BCUT2D eigenvalue weighted by molar-refractivity contribution is -0.248. The molecular weight excluding hydrogens is 1370 g/mol. The van der Waals surface area contributed by atoms with E-state index in [4.69, 9.17) is 25.3 Å². The van der Waals surface area contributed by atoms with Crippen LogP contribution in [-0.4, -0.2) is 156 Å². The number of sulfonamides is 1. The van der Waals surface area contributed by atoms with Crippen molar-refractivity contribution in [2.24, 2.45) is 27.9 Å². The number of hydrogen-bond acceptors (Lipinski definition) is 18. The summed E-state index contributed by atoms with van der Waals surface area (Å²) in [7, 11) is -8.07. The number of carbonyl (C=O) groups is 7. The monoisotopic (exact) mass is 1460 g/mol. The maximum atomic E-state index is 13.9. The maximum absolute atomic E-state index is 13.9. The van der Waals surface area contributed by atoms with Crippen molar-refractivity contribution in [1.29, 1.82) is 0 Å². The molecule has 4 saturated carbocycles. The number of amides is 7. The Morgan fingerprint density at radius 3 is 2.26 bits per heavy atom. The number of carboxylic acids is 1. The summed E-state index contributed by atoms with van der Waals surface area (Å²) < 4.78 is 75.2. The number of carbonyl (C=O) groups excluding carboxylic acids is 6. The lowest BCUT2D eigenvalue weighted by atomic mass is 9.39. The van der Waals surface area contributed by atoms with Crippen LogP contribution in [0.5, 0.6) is 0 Å². The smallest absolute Gasteiger partial charge is 0.410 e. The third kappa shape index (κ3) is 19.2. The highest BCUT2D eigenvalue weighted by Gasteiger charge is 2.66. The van der Waals surface area contributed by atoms with Gasteiger partial charge in [0.05, 0.1) is 34.4 Å². The first-order chi connectivity index (χ1) is 48.3. The lowest BCUT2D eigenvalue weighted by Crippen LogP contribution is -2.64. The van der Waals surface area contributed by atoms with Crippen LogP contribution in [0.15, 0.2) is 97.0 Å². The molecule has 102 heavy (non-hydrogen) atoms. The number of nitrogens with two attached hydrogens (primary N) is 1. The largest absolute Gasteiger partial charge is 0.476 e. The average molecular weight is 1460 g/mol. The minimum absolute atomic E-state index is 0.0262. The summed E-state index contributed by atoms with van der Waals surface area (Å²) in [5.74, 6) is -3.78. The van der Waals surface area contributed by atoms with Gasteiger partial charge in [-0.15, -0.1) is 0 Å². The highest BCUT2D eigenvalue weighted by atomic mass is 32.2. The van der Waals surface area contributed by atoms with Crippen LogP contribution in [0.1, 0.15) is 148 Å². The van der Waals surface area contributed by atoms with Crippen molar-refractivity contribution >= 4 is 100 Å². The molecule has 4 fully saturated rings. The number of rotatable bonds is 34. The summed E-state index contributed by atoms with van der Waals surface area (Å²) in [6.07, 6.45) is 8.25. The number of anilines is 3. The predicted octanol–water partition coefficient (Wildman–Crippen LogP) is 8.67. The van der Waals surface area contributed by atoms with Crippen molar-refractivity contribution in [2.75, 3.05) is 60.6 Å². The summed E-state index contributed by atoms with van der Waals surface area (Å²) in [5.41, 5.74) is 9.79. The van der Waals surface area contributed by atoms with Gasteiger partial charge in [0.1, 0.15) is 24.5 Å². The molecule has 2 unspecified atom stereocenters. The minimum Gasteiger partial charge on any atom is -0.476 e. The standard InChI is InChI=1S/C71H91N13O15S3/c1-7-101(93,94)75-29-12-8-9-20-58(85)80-59(45(2)3)63(88)77-55(18-14-28-73-65(72)91)62(87)76-49-23-21-47(22-24-49)37-98-67(92)82(32-34-102(95,96)97)31-33-99-71-41-68(5)38-69(6,42-71)40-70(39-68,43-71)44-84-46(4)52(35-74-84)50-25-26-57(79-60(50)64(89)90)83-30-27-48-15-13-16-51(53(48)36-83)61(86)81-66-78-54-17-10-11-19-56(54)100-66/h7,10-11,13,15-17,19,21-26,35,45,55,59,75H,1,8-9,12,14,18,20,27-34,36-44H2,2-6H3,(H,76,87)(H,77,88)(H,80,85)(H,89,90)(H3,72,73,91)(H,78,81,86)(H,95,96,97)/t55-,59+,68?,69?,70?,71?/m0/s1. The van der Waals surface area contributed by atoms with E-state index in [0.29, 0.717) is 90.6 Å². The number of unbranched alkanes of at least 4 members (excludes halogenated alkanes) is 2. The summed E-state index contributed by atoms with van der Waals surface area (Å²) >= 11 is 1.40. The molecule has 1 aliphatic heterocycles. The van der Waals surface area contributed by atoms with Crippen LogP contribution in [0.3, 0.4) is 0 Å². The number of urea groups is 1. The molecule has 10 N–H and O–H groups in total. The van der Waals surface area contributed by atoms with Crippen molar-refractivity contribution < 1.29 is 69.5 Å². The van der Waals surface area contributed by atoms with Gasteiger partial charge in [-0.1, -0.05) is 88.4 Å². The molecule has 7 amide bonds. The van der Waals surface area contributed by atoms with Crippen molar-refractivity contribution in [1.82, 2.24) is 45.3 Å². The van der Waals surface area contributed by atoms with E-state index in [-0.39, 0.29) is 85.9 Å². The number of benzene rings is 3. The molecule has 11 rings (SSSR count). The quantitative estimate of drug-likeness (QED) is 0.0135. The zero-order valence-corrected chi connectivity index (χ0v) is 60.5. The van der Waals surface area contributed by atoms with Crippen LogP contribution < -0.4 is 41.9 Å². The first-order valence-corrected chi connectivity index (χ1v) is 38.3. The second-order valence-corrected chi connectivity index (χ2v) is 33.0. The van der Waals surface area contributed by atoms with Gasteiger partial charge < -0.3 is 51.4 Å². The van der Waals surface area contributed by atoms with E-state index in [1.165, 1.54) is 16.2 Å². The highest BCUT2D eigenvalue weighted by Crippen LogP contribution is 2.72. The van der Waals surface area contributed by atoms with E-state index in [1.807, 2.05) is 59.0 Å². The Morgan fingerprint density at radius 1 is 0.824 bits per heavy atom. The molecule has 4 heterocycles. The molecule has 28 nitrogen and oxygen atoms in total. The number of para-hydroxylation sites is 1. The number of carboxylic acid groups (broad SMARTS) is 1. The number of pyridine rings is 1. The molecule has 4 aliphatic carbocycles. The summed E-state index contributed by atoms with van der Waals surface area (Å²) in [5, 5.41) is 30.7. The van der Waals surface area contributed by atoms with Gasteiger partial charge in [-0.25, -0.2) is 37.5 Å². The lowest BCUT2D eigenvalue weighted by Gasteiger charge is -2.69. The van der Waals surface area contributed by atoms with Crippen LogP contribution in [0.2, 0.25) is 0 Å². The molecule has 4 atom stereocenters. The molecule has 31 heteroatoms. The van der Waals surface area contributed by atoms with Gasteiger partial charge in [-0.3, -0.25) is 33.7 Å². The first kappa shape index (κ1) is 75.8. The van der Waals surface area contributed by atoms with Gasteiger partial charge in [0.15, 0.2) is 10.8 Å². The molecule has 4 bridgehead atoms. The first-order valence-electron chi connectivity index (χ1n) is 34.3. The van der Waals surface area contributed by atoms with Gasteiger partial charge in [0.25, 0.3) is 16.0 Å². The predicted molar refractivity (Wildman–Crippen MR) is 385 cm³/mol. The van der Waals surface area contributed by atoms with E-state index in [0.717, 1.165) is 64.5 Å². The Balaban J connectivity index is 0.751. The van der Waals surface area contributed by atoms with E-state index >= 15 is 0 Å². The number of nitrogens with one attached hydrogen (secondary N) is 6. The van der Waals surface area contributed by atoms with E-state index < -0.39 is 85.9 Å². The zero-order valence-electron chi connectivity index (χ0n) is 58.0. The Kier molecular flexibility index (Phi) is 23.6. The van der Waals surface area contributed by atoms with Crippen molar-refractivity contribution in [3.63, 3.8) is 0 Å². The fraction of sp³-hybridized carbons (Fsp3) is 0.493. The molecule has 6 aromatic rings. The van der Waals surface area contributed by atoms with Gasteiger partial charge >= 0.3 is 18.1 Å². The molecule has 548 valence electrons. The Hall–Kier alpha value is -8.88. The van der Waals surface area contributed by atoms with Crippen LogP contribution in [0.25, 0.3) is 21.3 Å².